The summed E-state index contributed by atoms with van der Waals surface area (Å²) in [7, 11) is 0. The van der Waals surface area contributed by atoms with Gasteiger partial charge in [-0.15, -0.1) is 11.3 Å². The van der Waals surface area contributed by atoms with Crippen LogP contribution in [0.2, 0.25) is 5.02 Å². The predicted octanol–water partition coefficient (Wildman–Crippen LogP) is 5.53. The molecule has 0 radical (unpaired) electrons. The minimum Gasteiger partial charge on any atom is -0.484 e. The number of nitrogens with one attached hydrogen (secondary N) is 1. The normalized spacial score (nSPS) is 10.8. The van der Waals surface area contributed by atoms with Gasteiger partial charge in [-0.05, 0) is 41.3 Å². The third-order valence-corrected chi connectivity index (χ3v) is 5.13. The molecule has 1 heterocycles. The highest BCUT2D eigenvalue weighted by molar-refractivity contribution is 7.15. The lowest BCUT2D eigenvalue weighted by Gasteiger charge is -2.08. The molecule has 1 amide bonds. The monoisotopic (exact) mass is 400 g/mol. The number of hydrogen-bond acceptors (Lipinski definition) is 4. The van der Waals surface area contributed by atoms with Crippen molar-refractivity contribution in [3.05, 3.63) is 75.8 Å². The van der Waals surface area contributed by atoms with Crippen molar-refractivity contribution in [3.8, 4) is 5.75 Å². The molecule has 0 aliphatic rings. The second-order valence-electron chi connectivity index (χ2n) is 6.50. The molecule has 1 aromatic heterocycles. The van der Waals surface area contributed by atoms with Gasteiger partial charge in [0.15, 0.2) is 11.7 Å². The van der Waals surface area contributed by atoms with Crippen LogP contribution >= 0.6 is 22.9 Å². The van der Waals surface area contributed by atoms with E-state index >= 15 is 0 Å². The number of halogens is 1. The van der Waals surface area contributed by atoms with Gasteiger partial charge in [-0.3, -0.25) is 10.1 Å². The smallest absolute Gasteiger partial charge is 0.264 e. The fraction of sp³-hybridized carbons (Fsp3) is 0.238. The van der Waals surface area contributed by atoms with E-state index in [0.29, 0.717) is 21.8 Å². The molecule has 0 aliphatic carbocycles. The highest BCUT2D eigenvalue weighted by Crippen LogP contribution is 2.23. The third kappa shape index (κ3) is 5.81. The van der Waals surface area contributed by atoms with E-state index in [4.69, 9.17) is 16.3 Å². The standard InChI is InChI=1S/C21H21ClN2O2S/c1-14(2)16-6-8-18(9-7-16)26-13-20(25)24-21-23-12-19(27-21)11-15-4-3-5-17(22)10-15/h3-10,12,14H,11,13H2,1-2H3,(H,23,24,25). The lowest BCUT2D eigenvalue weighted by molar-refractivity contribution is -0.118. The highest BCUT2D eigenvalue weighted by Gasteiger charge is 2.09. The number of rotatable bonds is 7. The van der Waals surface area contributed by atoms with Crippen LogP contribution in [0.3, 0.4) is 0 Å². The molecule has 6 heteroatoms. The van der Waals surface area contributed by atoms with Crippen LogP contribution in [-0.4, -0.2) is 17.5 Å². The fourth-order valence-corrected chi connectivity index (χ4v) is 3.62. The molecule has 140 valence electrons. The summed E-state index contributed by atoms with van der Waals surface area (Å²) in [5, 5.41) is 4.05. The Bertz CT molecular complexity index is 907. The molecular formula is C21H21ClN2O2S. The first-order chi connectivity index (χ1) is 13.0. The maximum absolute atomic E-state index is 12.1. The Balaban J connectivity index is 1.50. The van der Waals surface area contributed by atoms with Crippen LogP contribution in [0.25, 0.3) is 0 Å². The second kappa shape index (κ2) is 9.02. The van der Waals surface area contributed by atoms with Crippen LogP contribution in [0.5, 0.6) is 5.75 Å². The first-order valence-electron chi connectivity index (χ1n) is 8.71. The molecule has 0 spiro atoms. The van der Waals surface area contributed by atoms with Crippen molar-refractivity contribution in [1.82, 2.24) is 4.98 Å². The summed E-state index contributed by atoms with van der Waals surface area (Å²) < 4.78 is 5.54. The lowest BCUT2D eigenvalue weighted by Crippen LogP contribution is -2.19. The zero-order chi connectivity index (χ0) is 19.2. The first-order valence-corrected chi connectivity index (χ1v) is 9.91. The molecule has 0 unspecified atom stereocenters. The van der Waals surface area contributed by atoms with Crippen LogP contribution in [0.1, 0.15) is 35.8 Å². The fourth-order valence-electron chi connectivity index (χ4n) is 2.55. The Morgan fingerprint density at radius 3 is 2.70 bits per heavy atom. The summed E-state index contributed by atoms with van der Waals surface area (Å²) in [6.45, 7) is 4.22. The quantitative estimate of drug-likeness (QED) is 0.567. The van der Waals surface area contributed by atoms with Crippen molar-refractivity contribution in [2.45, 2.75) is 26.2 Å². The first kappa shape index (κ1) is 19.4. The maximum Gasteiger partial charge on any atom is 0.264 e. The molecule has 0 fully saturated rings. The largest absolute Gasteiger partial charge is 0.484 e. The van der Waals surface area contributed by atoms with E-state index < -0.39 is 0 Å². The Labute approximate surface area is 168 Å². The van der Waals surface area contributed by atoms with Crippen LogP contribution in [-0.2, 0) is 11.2 Å². The second-order valence-corrected chi connectivity index (χ2v) is 8.05. The SMILES string of the molecule is CC(C)c1ccc(OCC(=O)Nc2ncc(Cc3cccc(Cl)c3)s2)cc1. The average molecular weight is 401 g/mol. The van der Waals surface area contributed by atoms with E-state index in [2.05, 4.69) is 24.1 Å². The molecule has 3 aromatic rings. The number of carbonyl (C=O) groups is 1. The molecule has 4 nitrogen and oxygen atoms in total. The number of aromatic nitrogens is 1. The Kier molecular flexibility index (Phi) is 6.48. The molecule has 0 atom stereocenters. The van der Waals surface area contributed by atoms with Crippen molar-refractivity contribution < 1.29 is 9.53 Å². The van der Waals surface area contributed by atoms with Gasteiger partial charge in [-0.25, -0.2) is 4.98 Å². The number of hydrogen-bond donors (Lipinski definition) is 1. The van der Waals surface area contributed by atoms with Crippen LogP contribution in [0.15, 0.2) is 54.7 Å². The molecule has 0 saturated heterocycles. The lowest BCUT2D eigenvalue weighted by atomic mass is 10.0. The molecular weight excluding hydrogens is 380 g/mol. The topological polar surface area (TPSA) is 51.2 Å². The minimum absolute atomic E-state index is 0.0514. The highest BCUT2D eigenvalue weighted by atomic mass is 35.5. The van der Waals surface area contributed by atoms with Crippen LogP contribution in [0, 0.1) is 0 Å². The number of thiazole rings is 1. The van der Waals surface area contributed by atoms with Gasteiger partial charge in [0.1, 0.15) is 5.75 Å². The number of carbonyl (C=O) groups excluding carboxylic acids is 1. The van der Waals surface area contributed by atoms with Gasteiger partial charge in [0, 0.05) is 22.5 Å². The molecule has 0 aliphatic heterocycles. The van der Waals surface area contributed by atoms with Crippen molar-refractivity contribution in [2.24, 2.45) is 0 Å². The van der Waals surface area contributed by atoms with E-state index in [1.807, 2.05) is 48.5 Å². The zero-order valence-electron chi connectivity index (χ0n) is 15.2. The van der Waals surface area contributed by atoms with E-state index in [-0.39, 0.29) is 12.5 Å². The summed E-state index contributed by atoms with van der Waals surface area (Å²) in [6.07, 6.45) is 2.50. The van der Waals surface area contributed by atoms with Gasteiger partial charge in [0.25, 0.3) is 5.91 Å². The number of anilines is 1. The van der Waals surface area contributed by atoms with Gasteiger partial charge >= 0.3 is 0 Å². The number of benzene rings is 2. The molecule has 0 bridgehead atoms. The molecule has 3 rings (SSSR count). The number of ether oxygens (including phenoxy) is 1. The number of nitrogens with zero attached hydrogens (tertiary/aromatic N) is 1. The van der Waals surface area contributed by atoms with E-state index in [1.54, 1.807) is 6.20 Å². The summed E-state index contributed by atoms with van der Waals surface area (Å²) in [5.41, 5.74) is 2.35. The van der Waals surface area contributed by atoms with Crippen molar-refractivity contribution in [2.75, 3.05) is 11.9 Å². The summed E-state index contributed by atoms with van der Waals surface area (Å²) in [6, 6.07) is 15.5. The van der Waals surface area contributed by atoms with Crippen molar-refractivity contribution >= 4 is 34.0 Å². The molecule has 27 heavy (non-hydrogen) atoms. The van der Waals surface area contributed by atoms with Gasteiger partial charge in [-0.2, -0.15) is 0 Å². The Hall–Kier alpha value is -2.37. The van der Waals surface area contributed by atoms with E-state index in [1.165, 1.54) is 16.9 Å². The van der Waals surface area contributed by atoms with E-state index in [0.717, 1.165) is 16.9 Å². The van der Waals surface area contributed by atoms with Crippen LogP contribution < -0.4 is 10.1 Å². The third-order valence-electron chi connectivity index (χ3n) is 3.98. The predicted molar refractivity (Wildman–Crippen MR) is 111 cm³/mol. The molecule has 1 N–H and O–H groups in total. The molecule has 2 aromatic carbocycles. The maximum atomic E-state index is 12.1. The Morgan fingerprint density at radius 2 is 2.00 bits per heavy atom. The summed E-state index contributed by atoms with van der Waals surface area (Å²) in [5.74, 6) is 0.912. The van der Waals surface area contributed by atoms with Gasteiger partial charge in [0.2, 0.25) is 0 Å². The van der Waals surface area contributed by atoms with Crippen molar-refractivity contribution in [1.29, 1.82) is 0 Å². The summed E-state index contributed by atoms with van der Waals surface area (Å²) >= 11 is 7.46. The average Bonchev–Trinajstić information content (AvgIpc) is 3.07. The van der Waals surface area contributed by atoms with Crippen molar-refractivity contribution in [3.63, 3.8) is 0 Å². The van der Waals surface area contributed by atoms with Gasteiger partial charge in [-0.1, -0.05) is 49.7 Å². The Morgan fingerprint density at radius 1 is 1.22 bits per heavy atom. The zero-order valence-corrected chi connectivity index (χ0v) is 16.8. The van der Waals surface area contributed by atoms with Gasteiger partial charge < -0.3 is 4.74 Å². The number of amides is 1. The van der Waals surface area contributed by atoms with Gasteiger partial charge in [0.05, 0.1) is 0 Å². The minimum atomic E-state index is -0.230. The van der Waals surface area contributed by atoms with Crippen LogP contribution in [0.4, 0.5) is 5.13 Å². The van der Waals surface area contributed by atoms with E-state index in [9.17, 15) is 4.79 Å². The summed E-state index contributed by atoms with van der Waals surface area (Å²) in [4.78, 5) is 17.4. The molecule has 0 saturated carbocycles.